The molecule has 1 N–H and O–H groups in total. The van der Waals surface area contributed by atoms with Crippen molar-refractivity contribution in [1.29, 1.82) is 0 Å². The van der Waals surface area contributed by atoms with Crippen LogP contribution >= 0.6 is 11.3 Å². The third-order valence-corrected chi connectivity index (χ3v) is 5.75. The van der Waals surface area contributed by atoms with Crippen molar-refractivity contribution in [2.24, 2.45) is 0 Å². The molecule has 2 heterocycles. The van der Waals surface area contributed by atoms with Gasteiger partial charge in [-0.3, -0.25) is 15.1 Å². The van der Waals surface area contributed by atoms with Crippen LogP contribution in [0.25, 0.3) is 11.4 Å². The molecular weight excluding hydrogens is 418 g/mol. The fourth-order valence-corrected chi connectivity index (χ4v) is 3.80. The van der Waals surface area contributed by atoms with Gasteiger partial charge < -0.3 is 4.74 Å². The molecular formula is C26H25N3O2S. The molecule has 0 aliphatic rings. The van der Waals surface area contributed by atoms with Gasteiger partial charge in [-0.1, -0.05) is 51.1 Å². The molecule has 2 aromatic heterocycles. The molecule has 6 heteroatoms. The molecule has 0 aliphatic heterocycles. The molecule has 2 aromatic carbocycles. The van der Waals surface area contributed by atoms with E-state index >= 15 is 0 Å². The Bertz CT molecular complexity index is 1180. The molecule has 0 saturated heterocycles. The van der Waals surface area contributed by atoms with Crippen molar-refractivity contribution in [3.05, 3.63) is 95.0 Å². The molecule has 0 saturated carbocycles. The van der Waals surface area contributed by atoms with Gasteiger partial charge in [-0.15, -0.1) is 11.3 Å². The summed E-state index contributed by atoms with van der Waals surface area (Å²) in [6.07, 6.45) is 1.72. The van der Waals surface area contributed by atoms with Crippen LogP contribution in [0.1, 0.15) is 42.3 Å². The molecule has 0 atom stereocenters. The Morgan fingerprint density at radius 2 is 1.72 bits per heavy atom. The molecule has 32 heavy (non-hydrogen) atoms. The molecule has 0 bridgehead atoms. The number of nitrogens with zero attached hydrogens (tertiary/aromatic N) is 2. The zero-order valence-electron chi connectivity index (χ0n) is 18.3. The molecule has 0 spiro atoms. The molecule has 4 aromatic rings. The number of aromatic nitrogens is 2. The van der Waals surface area contributed by atoms with Gasteiger partial charge in [0.15, 0.2) is 5.13 Å². The first kappa shape index (κ1) is 21.7. The monoisotopic (exact) mass is 443 g/mol. The number of carbonyl (C=O) groups excluding carboxylic acids is 1. The van der Waals surface area contributed by atoms with Crippen LogP contribution in [0.15, 0.2) is 78.3 Å². The zero-order valence-corrected chi connectivity index (χ0v) is 19.1. The van der Waals surface area contributed by atoms with Gasteiger partial charge in [0.2, 0.25) is 0 Å². The van der Waals surface area contributed by atoms with E-state index in [1.807, 2.05) is 47.8 Å². The van der Waals surface area contributed by atoms with Crippen LogP contribution in [-0.4, -0.2) is 15.9 Å². The number of carbonyl (C=O) groups is 1. The van der Waals surface area contributed by atoms with Gasteiger partial charge in [0.05, 0.1) is 5.69 Å². The number of hydrogen-bond donors (Lipinski definition) is 1. The second-order valence-electron chi connectivity index (χ2n) is 8.47. The highest BCUT2D eigenvalue weighted by Crippen LogP contribution is 2.25. The first-order chi connectivity index (χ1) is 15.4. The fraction of sp³-hybridized carbons (Fsp3) is 0.192. The number of ether oxygens (including phenoxy) is 1. The van der Waals surface area contributed by atoms with E-state index in [1.165, 1.54) is 16.9 Å². The average Bonchev–Trinajstić information content (AvgIpc) is 3.27. The third kappa shape index (κ3) is 5.39. The molecule has 4 rings (SSSR count). The van der Waals surface area contributed by atoms with E-state index in [-0.39, 0.29) is 11.3 Å². The van der Waals surface area contributed by atoms with Crippen LogP contribution in [0.4, 0.5) is 5.13 Å². The normalized spacial score (nSPS) is 11.2. The summed E-state index contributed by atoms with van der Waals surface area (Å²) in [7, 11) is 0. The number of thiazole rings is 1. The average molecular weight is 444 g/mol. The van der Waals surface area contributed by atoms with Gasteiger partial charge in [-0.05, 0) is 52.9 Å². The van der Waals surface area contributed by atoms with E-state index in [4.69, 9.17) is 4.74 Å². The van der Waals surface area contributed by atoms with Crippen molar-refractivity contribution >= 4 is 22.4 Å². The number of anilines is 1. The Morgan fingerprint density at radius 3 is 2.38 bits per heavy atom. The SMILES string of the molecule is CC(C)(C)c1ccc(OCc2ccc(C(=O)Nc3nc(-c4ccccn4)cs3)cc2)cc1. The Kier molecular flexibility index (Phi) is 6.32. The van der Waals surface area contributed by atoms with Crippen molar-refractivity contribution in [1.82, 2.24) is 9.97 Å². The largest absolute Gasteiger partial charge is 0.489 e. The predicted octanol–water partition coefficient (Wildman–Crippen LogP) is 6.33. The number of nitrogens with one attached hydrogen (secondary N) is 1. The first-order valence-corrected chi connectivity index (χ1v) is 11.3. The summed E-state index contributed by atoms with van der Waals surface area (Å²) in [5, 5.41) is 5.28. The lowest BCUT2D eigenvalue weighted by molar-refractivity contribution is 0.102. The minimum Gasteiger partial charge on any atom is -0.489 e. The van der Waals surface area contributed by atoms with Crippen LogP contribution in [-0.2, 0) is 12.0 Å². The van der Waals surface area contributed by atoms with E-state index in [1.54, 1.807) is 18.3 Å². The molecule has 0 fully saturated rings. The highest BCUT2D eigenvalue weighted by Gasteiger charge is 2.13. The predicted molar refractivity (Wildman–Crippen MR) is 129 cm³/mol. The highest BCUT2D eigenvalue weighted by atomic mass is 32.1. The number of benzene rings is 2. The van der Waals surface area contributed by atoms with Gasteiger partial charge in [0, 0.05) is 17.1 Å². The van der Waals surface area contributed by atoms with Crippen LogP contribution < -0.4 is 10.1 Å². The van der Waals surface area contributed by atoms with Crippen molar-refractivity contribution < 1.29 is 9.53 Å². The molecule has 5 nitrogen and oxygen atoms in total. The van der Waals surface area contributed by atoms with Gasteiger partial charge in [-0.2, -0.15) is 0 Å². The van der Waals surface area contributed by atoms with Crippen molar-refractivity contribution in [3.63, 3.8) is 0 Å². The minimum atomic E-state index is -0.197. The topological polar surface area (TPSA) is 64.1 Å². The standard InChI is InChI=1S/C26H25N3O2S/c1-26(2,3)20-11-13-21(14-12-20)31-16-18-7-9-19(10-8-18)24(30)29-25-28-23(17-32-25)22-6-4-5-15-27-22/h4-15,17H,16H2,1-3H3,(H,28,29,30). The van der Waals surface area contributed by atoms with Gasteiger partial charge in [0.1, 0.15) is 18.1 Å². The summed E-state index contributed by atoms with van der Waals surface area (Å²) in [5.41, 5.74) is 4.47. The Labute approximate surface area is 192 Å². The smallest absolute Gasteiger partial charge is 0.257 e. The van der Waals surface area contributed by atoms with Crippen LogP contribution in [0.3, 0.4) is 0 Å². The lowest BCUT2D eigenvalue weighted by Crippen LogP contribution is -2.11. The summed E-state index contributed by atoms with van der Waals surface area (Å²) in [5.74, 6) is 0.629. The number of pyridine rings is 1. The van der Waals surface area contributed by atoms with E-state index in [9.17, 15) is 4.79 Å². The summed E-state index contributed by atoms with van der Waals surface area (Å²) < 4.78 is 5.89. The maximum Gasteiger partial charge on any atom is 0.257 e. The maximum absolute atomic E-state index is 12.6. The molecule has 1 amide bonds. The summed E-state index contributed by atoms with van der Waals surface area (Å²) in [6, 6.07) is 21.2. The Hall–Kier alpha value is -3.51. The second kappa shape index (κ2) is 9.32. The summed E-state index contributed by atoms with van der Waals surface area (Å²) >= 11 is 1.38. The lowest BCUT2D eigenvalue weighted by Gasteiger charge is -2.19. The number of amides is 1. The fourth-order valence-electron chi connectivity index (χ4n) is 3.10. The zero-order chi connectivity index (χ0) is 22.6. The van der Waals surface area contributed by atoms with Crippen LogP contribution in [0, 0.1) is 0 Å². The molecule has 0 aliphatic carbocycles. The Morgan fingerprint density at radius 1 is 0.969 bits per heavy atom. The first-order valence-electron chi connectivity index (χ1n) is 10.4. The maximum atomic E-state index is 12.6. The van der Waals surface area contributed by atoms with Gasteiger partial charge in [-0.25, -0.2) is 4.98 Å². The number of rotatable bonds is 6. The summed E-state index contributed by atoms with van der Waals surface area (Å²) in [6.45, 7) is 7.01. The number of hydrogen-bond acceptors (Lipinski definition) is 5. The molecule has 0 radical (unpaired) electrons. The third-order valence-electron chi connectivity index (χ3n) is 4.99. The minimum absolute atomic E-state index is 0.119. The van der Waals surface area contributed by atoms with Gasteiger partial charge in [0.25, 0.3) is 5.91 Å². The highest BCUT2D eigenvalue weighted by molar-refractivity contribution is 7.14. The summed E-state index contributed by atoms with van der Waals surface area (Å²) in [4.78, 5) is 21.3. The van der Waals surface area contributed by atoms with E-state index in [0.717, 1.165) is 22.7 Å². The molecule has 162 valence electrons. The van der Waals surface area contributed by atoms with Crippen molar-refractivity contribution in [3.8, 4) is 17.1 Å². The van der Waals surface area contributed by atoms with Gasteiger partial charge >= 0.3 is 0 Å². The van der Waals surface area contributed by atoms with Crippen molar-refractivity contribution in [2.75, 3.05) is 5.32 Å². The van der Waals surface area contributed by atoms with Crippen LogP contribution in [0.5, 0.6) is 5.75 Å². The second-order valence-corrected chi connectivity index (χ2v) is 9.33. The van der Waals surface area contributed by atoms with Crippen LogP contribution in [0.2, 0.25) is 0 Å². The Balaban J connectivity index is 1.33. The van der Waals surface area contributed by atoms with E-state index in [2.05, 4.69) is 48.2 Å². The van der Waals surface area contributed by atoms with E-state index < -0.39 is 0 Å². The van der Waals surface area contributed by atoms with E-state index in [0.29, 0.717) is 17.3 Å². The van der Waals surface area contributed by atoms with Crippen molar-refractivity contribution in [2.45, 2.75) is 32.8 Å². The quantitative estimate of drug-likeness (QED) is 0.378. The lowest BCUT2D eigenvalue weighted by atomic mass is 9.87. The molecule has 0 unspecified atom stereocenters.